The molecule has 2 N–H and O–H groups in total. The molecule has 0 saturated heterocycles. The van der Waals surface area contributed by atoms with Crippen molar-refractivity contribution < 1.29 is 22.6 Å². The normalized spacial score (nSPS) is 11.0. The fourth-order valence-electron chi connectivity index (χ4n) is 2.05. The molecule has 0 spiro atoms. The van der Waals surface area contributed by atoms with Crippen molar-refractivity contribution in [2.75, 3.05) is 44.5 Å². The number of nitrogens with zero attached hydrogens (tertiary/aromatic N) is 1. The molecule has 1 aromatic heterocycles. The SMILES string of the molecule is COCCNc1ccc(NS(=O)(=O)c2ccc(OC)cc2OC)nc1. The molecule has 0 saturated carbocycles. The van der Waals surface area contributed by atoms with E-state index < -0.39 is 10.0 Å². The third-order valence-corrected chi connectivity index (χ3v) is 4.69. The summed E-state index contributed by atoms with van der Waals surface area (Å²) >= 11 is 0. The molecule has 1 heterocycles. The number of hydrogen-bond acceptors (Lipinski definition) is 7. The van der Waals surface area contributed by atoms with Crippen LogP contribution >= 0.6 is 0 Å². The lowest BCUT2D eigenvalue weighted by Gasteiger charge is -2.12. The molecule has 9 heteroatoms. The Bertz CT molecular complexity index is 794. The van der Waals surface area contributed by atoms with Crippen LogP contribution in [0.2, 0.25) is 0 Å². The Morgan fingerprint density at radius 3 is 2.48 bits per heavy atom. The number of benzene rings is 1. The molecule has 0 unspecified atom stereocenters. The first kappa shape index (κ1) is 18.8. The summed E-state index contributed by atoms with van der Waals surface area (Å²) in [7, 11) is 0.657. The van der Waals surface area contributed by atoms with E-state index in [0.717, 1.165) is 5.69 Å². The van der Waals surface area contributed by atoms with E-state index in [1.54, 1.807) is 31.5 Å². The van der Waals surface area contributed by atoms with Crippen LogP contribution in [-0.2, 0) is 14.8 Å². The van der Waals surface area contributed by atoms with Crippen LogP contribution in [0.25, 0.3) is 0 Å². The van der Waals surface area contributed by atoms with E-state index in [9.17, 15) is 8.42 Å². The minimum atomic E-state index is -3.85. The fourth-order valence-corrected chi connectivity index (χ4v) is 3.21. The molecule has 136 valence electrons. The van der Waals surface area contributed by atoms with Gasteiger partial charge in [-0.3, -0.25) is 4.72 Å². The Morgan fingerprint density at radius 2 is 1.88 bits per heavy atom. The van der Waals surface area contributed by atoms with Crippen molar-refractivity contribution in [1.82, 2.24) is 4.98 Å². The van der Waals surface area contributed by atoms with Crippen molar-refractivity contribution in [1.29, 1.82) is 0 Å². The van der Waals surface area contributed by atoms with Gasteiger partial charge in [-0.15, -0.1) is 0 Å². The monoisotopic (exact) mass is 367 g/mol. The third-order valence-electron chi connectivity index (χ3n) is 3.30. The summed E-state index contributed by atoms with van der Waals surface area (Å²) in [6.45, 7) is 1.19. The van der Waals surface area contributed by atoms with Gasteiger partial charge in [-0.2, -0.15) is 0 Å². The second-order valence-corrected chi connectivity index (χ2v) is 6.62. The van der Waals surface area contributed by atoms with Crippen molar-refractivity contribution in [2.45, 2.75) is 4.90 Å². The zero-order valence-electron chi connectivity index (χ0n) is 14.3. The van der Waals surface area contributed by atoms with Crippen molar-refractivity contribution in [2.24, 2.45) is 0 Å². The number of methoxy groups -OCH3 is 3. The van der Waals surface area contributed by atoms with Crippen molar-refractivity contribution >= 4 is 21.5 Å². The van der Waals surface area contributed by atoms with Gasteiger partial charge in [-0.05, 0) is 24.3 Å². The van der Waals surface area contributed by atoms with Crippen LogP contribution in [0.5, 0.6) is 11.5 Å². The second kappa shape index (κ2) is 8.54. The molecule has 0 bridgehead atoms. The quantitative estimate of drug-likeness (QED) is 0.654. The second-order valence-electron chi connectivity index (χ2n) is 4.97. The molecule has 8 nitrogen and oxygen atoms in total. The summed E-state index contributed by atoms with van der Waals surface area (Å²) < 4.78 is 42.7. The number of sulfonamides is 1. The summed E-state index contributed by atoms with van der Waals surface area (Å²) in [5, 5.41) is 3.10. The van der Waals surface area contributed by atoms with Gasteiger partial charge in [-0.1, -0.05) is 0 Å². The average molecular weight is 367 g/mol. The number of hydrogen-bond donors (Lipinski definition) is 2. The Morgan fingerprint density at radius 1 is 1.08 bits per heavy atom. The van der Waals surface area contributed by atoms with Gasteiger partial charge < -0.3 is 19.5 Å². The van der Waals surface area contributed by atoms with Gasteiger partial charge >= 0.3 is 0 Å². The van der Waals surface area contributed by atoms with Crippen molar-refractivity contribution in [3.05, 3.63) is 36.5 Å². The molecule has 0 atom stereocenters. The molecule has 2 aromatic rings. The van der Waals surface area contributed by atoms with Crippen LogP contribution in [0.1, 0.15) is 0 Å². The van der Waals surface area contributed by atoms with E-state index in [1.807, 2.05) is 0 Å². The van der Waals surface area contributed by atoms with Gasteiger partial charge in [0, 0.05) is 19.7 Å². The highest BCUT2D eigenvalue weighted by molar-refractivity contribution is 7.92. The van der Waals surface area contributed by atoms with Gasteiger partial charge in [0.25, 0.3) is 10.0 Å². The summed E-state index contributed by atoms with van der Waals surface area (Å²) in [5.41, 5.74) is 0.766. The first-order chi connectivity index (χ1) is 12.0. The van der Waals surface area contributed by atoms with Gasteiger partial charge in [0.1, 0.15) is 22.2 Å². The van der Waals surface area contributed by atoms with Gasteiger partial charge in [0.05, 0.1) is 32.7 Å². The molecule has 25 heavy (non-hydrogen) atoms. The van der Waals surface area contributed by atoms with Gasteiger partial charge in [-0.25, -0.2) is 13.4 Å². The number of rotatable bonds is 9. The van der Waals surface area contributed by atoms with Crippen LogP contribution in [0.15, 0.2) is 41.4 Å². The molecular weight excluding hydrogens is 346 g/mol. The molecule has 1 aromatic carbocycles. The molecule has 0 aliphatic heterocycles. The average Bonchev–Trinajstić information content (AvgIpc) is 2.62. The van der Waals surface area contributed by atoms with E-state index >= 15 is 0 Å². The molecule has 0 aliphatic rings. The maximum atomic E-state index is 12.6. The number of nitrogens with one attached hydrogen (secondary N) is 2. The van der Waals surface area contributed by atoms with E-state index in [4.69, 9.17) is 14.2 Å². The molecule has 2 rings (SSSR count). The van der Waals surface area contributed by atoms with Crippen LogP contribution in [-0.4, -0.2) is 47.9 Å². The molecule has 0 radical (unpaired) electrons. The molecule has 0 aliphatic carbocycles. The zero-order chi connectivity index (χ0) is 18.3. The Labute approximate surface area is 147 Å². The molecule has 0 amide bonds. The Hall–Kier alpha value is -2.52. The minimum Gasteiger partial charge on any atom is -0.497 e. The van der Waals surface area contributed by atoms with Crippen LogP contribution in [0.4, 0.5) is 11.5 Å². The van der Waals surface area contributed by atoms with Crippen LogP contribution < -0.4 is 19.5 Å². The number of ether oxygens (including phenoxy) is 3. The van der Waals surface area contributed by atoms with Crippen LogP contribution in [0, 0.1) is 0 Å². The number of pyridine rings is 1. The number of anilines is 2. The lowest BCUT2D eigenvalue weighted by atomic mass is 10.3. The lowest BCUT2D eigenvalue weighted by Crippen LogP contribution is -2.15. The predicted octanol–water partition coefficient (Wildman–Crippen LogP) is 1.96. The predicted molar refractivity (Wildman–Crippen MR) is 95.0 cm³/mol. The van der Waals surface area contributed by atoms with E-state index in [-0.39, 0.29) is 16.5 Å². The van der Waals surface area contributed by atoms with E-state index in [1.165, 1.54) is 26.4 Å². The Kier molecular flexibility index (Phi) is 6.43. The van der Waals surface area contributed by atoms with Gasteiger partial charge in [0.2, 0.25) is 0 Å². The zero-order valence-corrected chi connectivity index (χ0v) is 15.1. The smallest absolute Gasteiger partial charge is 0.266 e. The minimum absolute atomic E-state index is 0.0000962. The highest BCUT2D eigenvalue weighted by Gasteiger charge is 2.20. The summed E-state index contributed by atoms with van der Waals surface area (Å²) in [5.74, 6) is 0.889. The first-order valence-corrected chi connectivity index (χ1v) is 8.92. The van der Waals surface area contributed by atoms with Crippen molar-refractivity contribution in [3.63, 3.8) is 0 Å². The van der Waals surface area contributed by atoms with Crippen molar-refractivity contribution in [3.8, 4) is 11.5 Å². The van der Waals surface area contributed by atoms with E-state index in [0.29, 0.717) is 18.9 Å². The lowest BCUT2D eigenvalue weighted by molar-refractivity contribution is 0.211. The maximum absolute atomic E-state index is 12.6. The maximum Gasteiger partial charge on any atom is 0.266 e. The molecule has 0 fully saturated rings. The topological polar surface area (TPSA) is 98.8 Å². The standard InChI is InChI=1S/C16H21N3O5S/c1-22-9-8-17-12-4-7-16(18-11-12)19-25(20,21)15-6-5-13(23-2)10-14(15)24-3/h4-7,10-11,17H,8-9H2,1-3H3,(H,18,19). The highest BCUT2D eigenvalue weighted by Crippen LogP contribution is 2.29. The fraction of sp³-hybridized carbons (Fsp3) is 0.312. The summed E-state index contributed by atoms with van der Waals surface area (Å²) in [4.78, 5) is 4.10. The highest BCUT2D eigenvalue weighted by atomic mass is 32.2. The van der Waals surface area contributed by atoms with Crippen LogP contribution in [0.3, 0.4) is 0 Å². The van der Waals surface area contributed by atoms with E-state index in [2.05, 4.69) is 15.0 Å². The molecular formula is C16H21N3O5S. The van der Waals surface area contributed by atoms with Gasteiger partial charge in [0.15, 0.2) is 0 Å². The number of aromatic nitrogens is 1. The Balaban J connectivity index is 2.16. The summed E-state index contributed by atoms with van der Waals surface area (Å²) in [6.07, 6.45) is 1.54. The largest absolute Gasteiger partial charge is 0.497 e. The first-order valence-electron chi connectivity index (χ1n) is 7.44. The summed E-state index contributed by atoms with van der Waals surface area (Å²) in [6, 6.07) is 7.77. The third kappa shape index (κ3) is 4.97.